The third-order valence-electron chi connectivity index (χ3n) is 5.14. The zero-order valence-electron chi connectivity index (χ0n) is 17.1. The fraction of sp³-hybridized carbons (Fsp3) is 0.190. The summed E-state index contributed by atoms with van der Waals surface area (Å²) < 4.78 is 42.8. The van der Waals surface area contributed by atoms with Crippen molar-refractivity contribution in [2.24, 2.45) is 0 Å². The normalized spacial score (nSPS) is 13.1. The van der Waals surface area contributed by atoms with Crippen LogP contribution in [-0.2, 0) is 6.54 Å². The minimum atomic E-state index is -4.78. The average molecular weight is 489 g/mol. The lowest BCUT2D eigenvalue weighted by Gasteiger charge is -2.12. The van der Waals surface area contributed by atoms with Crippen LogP contribution >= 0.6 is 11.3 Å². The van der Waals surface area contributed by atoms with Crippen LogP contribution < -0.4 is 15.0 Å². The Morgan fingerprint density at radius 1 is 1.12 bits per heavy atom. The molecule has 34 heavy (non-hydrogen) atoms. The van der Waals surface area contributed by atoms with E-state index >= 15 is 0 Å². The topological polar surface area (TPSA) is 113 Å². The summed E-state index contributed by atoms with van der Waals surface area (Å²) in [5.41, 5.74) is 0.728. The van der Waals surface area contributed by atoms with Crippen LogP contribution in [0.25, 0.3) is 10.2 Å². The Morgan fingerprint density at radius 3 is 2.59 bits per heavy atom. The van der Waals surface area contributed by atoms with Gasteiger partial charge in [0.1, 0.15) is 5.75 Å². The minimum absolute atomic E-state index is 0.0455. The molecular formula is C21H14F3N5O4S. The summed E-state index contributed by atoms with van der Waals surface area (Å²) in [5, 5.41) is 19.5. The van der Waals surface area contributed by atoms with Crippen LogP contribution in [-0.4, -0.2) is 39.2 Å². The number of carbonyl (C=O) groups is 2. The second kappa shape index (κ2) is 8.09. The van der Waals surface area contributed by atoms with Crippen molar-refractivity contribution in [2.75, 3.05) is 11.9 Å². The molecule has 0 saturated carbocycles. The molecule has 0 amide bonds. The van der Waals surface area contributed by atoms with Gasteiger partial charge < -0.3 is 15.3 Å². The molecule has 4 aromatic rings. The Bertz CT molecular complexity index is 1450. The Labute approximate surface area is 193 Å². The second-order valence-electron chi connectivity index (χ2n) is 7.35. The van der Waals surface area contributed by atoms with E-state index < -0.39 is 17.9 Å². The highest BCUT2D eigenvalue weighted by Crippen LogP contribution is 2.31. The number of ether oxygens (including phenoxy) is 1. The number of thiazole rings is 1. The maximum Gasteiger partial charge on any atom is 0.573 e. The monoisotopic (exact) mass is 489 g/mol. The molecule has 1 aliphatic carbocycles. The molecule has 0 spiro atoms. The number of nitrogens with one attached hydrogen (secondary N) is 1. The van der Waals surface area contributed by atoms with Gasteiger partial charge in [0.2, 0.25) is 17.3 Å². The van der Waals surface area contributed by atoms with E-state index in [1.54, 1.807) is 12.1 Å². The molecule has 0 atom stereocenters. The number of benzene rings is 2. The predicted octanol–water partition coefficient (Wildman–Crippen LogP) is 3.30. The summed E-state index contributed by atoms with van der Waals surface area (Å²) in [5.74, 6) is -1.25. The van der Waals surface area contributed by atoms with Gasteiger partial charge in [0.25, 0.3) is 0 Å². The number of rotatable bonds is 6. The van der Waals surface area contributed by atoms with Crippen LogP contribution in [0.1, 0.15) is 38.5 Å². The Balaban J connectivity index is 1.27. The number of aromatic nitrogens is 4. The SMILES string of the molecule is O=C1c2ccccc2C(=O)c2c1n[n+]([O-])n2CCCNc1nc2ccc(OC(F)(F)F)cc2s1. The molecule has 0 aliphatic heterocycles. The lowest BCUT2D eigenvalue weighted by atomic mass is 9.90. The quantitative estimate of drug-likeness (QED) is 0.221. The summed E-state index contributed by atoms with van der Waals surface area (Å²) in [6, 6.07) is 10.2. The van der Waals surface area contributed by atoms with Crippen molar-refractivity contribution in [1.82, 2.24) is 14.8 Å². The highest BCUT2D eigenvalue weighted by atomic mass is 32.1. The number of halogens is 3. The molecule has 2 aromatic carbocycles. The molecule has 1 N–H and O–H groups in total. The van der Waals surface area contributed by atoms with Gasteiger partial charge in [-0.3, -0.25) is 9.59 Å². The molecule has 0 saturated heterocycles. The van der Waals surface area contributed by atoms with E-state index in [1.807, 2.05) is 0 Å². The van der Waals surface area contributed by atoms with Crippen LogP contribution in [0.2, 0.25) is 0 Å². The maximum atomic E-state index is 12.9. The summed E-state index contributed by atoms with van der Waals surface area (Å²) in [6.07, 6.45) is -4.40. The predicted molar refractivity (Wildman–Crippen MR) is 114 cm³/mol. The standard InChI is InChI=1S/C21H14F3N5O4S/c22-21(23,24)33-11-6-7-14-15(10-11)34-20(26-14)25-8-3-9-28-17-16(27-29(28)32)18(30)12-4-1-2-5-13(12)19(17)31/h1-2,4-7,10H,3,8-9H2,(H,25,26). The van der Waals surface area contributed by atoms with Gasteiger partial charge in [-0.25, -0.2) is 4.98 Å². The van der Waals surface area contributed by atoms with Crippen molar-refractivity contribution in [3.05, 3.63) is 70.2 Å². The molecule has 174 valence electrons. The van der Waals surface area contributed by atoms with E-state index in [9.17, 15) is 28.0 Å². The summed E-state index contributed by atoms with van der Waals surface area (Å²) >= 11 is 1.15. The molecular weight excluding hydrogens is 475 g/mol. The largest absolute Gasteiger partial charge is 0.573 e. The van der Waals surface area contributed by atoms with Gasteiger partial charge in [0.05, 0.1) is 16.8 Å². The van der Waals surface area contributed by atoms with Gasteiger partial charge in [-0.15, -0.1) is 17.9 Å². The molecule has 5 rings (SSSR count). The first-order chi connectivity index (χ1) is 16.2. The Kier molecular flexibility index (Phi) is 5.20. The van der Waals surface area contributed by atoms with Crippen molar-refractivity contribution in [2.45, 2.75) is 19.3 Å². The molecule has 2 heterocycles. The molecule has 2 aromatic heterocycles. The fourth-order valence-electron chi connectivity index (χ4n) is 3.71. The van der Waals surface area contributed by atoms with Crippen LogP contribution in [0.15, 0.2) is 42.5 Å². The number of hydrogen-bond acceptors (Lipinski definition) is 8. The van der Waals surface area contributed by atoms with Crippen molar-refractivity contribution in [3.8, 4) is 5.75 Å². The number of ketones is 2. The lowest BCUT2D eigenvalue weighted by molar-refractivity contribution is -0.749. The molecule has 9 nitrogen and oxygen atoms in total. The number of hydrogen-bond donors (Lipinski definition) is 1. The molecule has 0 fully saturated rings. The molecule has 0 bridgehead atoms. The summed E-state index contributed by atoms with van der Waals surface area (Å²) in [7, 11) is 0. The van der Waals surface area contributed by atoms with Gasteiger partial charge in [-0.2, -0.15) is 0 Å². The molecule has 0 unspecified atom stereocenters. The summed E-state index contributed by atoms with van der Waals surface area (Å²) in [6.45, 7) is 0.450. The van der Waals surface area contributed by atoms with Crippen LogP contribution in [0.3, 0.4) is 0 Å². The first kappa shape index (κ1) is 21.8. The van der Waals surface area contributed by atoms with E-state index in [0.29, 0.717) is 28.3 Å². The number of anilines is 1. The fourth-order valence-corrected chi connectivity index (χ4v) is 4.63. The third kappa shape index (κ3) is 3.94. The molecule has 0 radical (unpaired) electrons. The van der Waals surface area contributed by atoms with E-state index in [0.717, 1.165) is 16.0 Å². The molecule has 13 heteroatoms. The van der Waals surface area contributed by atoms with Crippen molar-refractivity contribution in [3.63, 3.8) is 0 Å². The van der Waals surface area contributed by atoms with Gasteiger partial charge in [0.15, 0.2) is 10.8 Å². The van der Waals surface area contributed by atoms with Gasteiger partial charge in [-0.05, 0) is 18.6 Å². The van der Waals surface area contributed by atoms with Crippen LogP contribution in [0, 0.1) is 5.21 Å². The third-order valence-corrected chi connectivity index (χ3v) is 6.11. The first-order valence-corrected chi connectivity index (χ1v) is 10.8. The van der Waals surface area contributed by atoms with Crippen molar-refractivity contribution < 1.29 is 32.5 Å². The Morgan fingerprint density at radius 2 is 1.85 bits per heavy atom. The lowest BCUT2D eigenvalue weighted by Crippen LogP contribution is -2.41. The zero-order valence-corrected chi connectivity index (χ0v) is 17.9. The van der Waals surface area contributed by atoms with Gasteiger partial charge >= 0.3 is 6.36 Å². The van der Waals surface area contributed by atoms with Gasteiger partial charge in [-0.1, -0.05) is 35.6 Å². The minimum Gasteiger partial charge on any atom is -0.571 e. The summed E-state index contributed by atoms with van der Waals surface area (Å²) in [4.78, 5) is 30.1. The van der Waals surface area contributed by atoms with E-state index in [4.69, 9.17) is 0 Å². The maximum absolute atomic E-state index is 12.9. The first-order valence-electron chi connectivity index (χ1n) is 10.0. The zero-order chi connectivity index (χ0) is 24.0. The van der Waals surface area contributed by atoms with E-state index in [-0.39, 0.29) is 39.8 Å². The van der Waals surface area contributed by atoms with Crippen LogP contribution in [0.5, 0.6) is 5.75 Å². The number of alkyl halides is 3. The average Bonchev–Trinajstić information content (AvgIpc) is 3.34. The highest BCUT2D eigenvalue weighted by molar-refractivity contribution is 7.22. The van der Waals surface area contributed by atoms with Crippen molar-refractivity contribution >= 4 is 38.3 Å². The smallest absolute Gasteiger partial charge is 0.571 e. The van der Waals surface area contributed by atoms with Crippen LogP contribution in [0.4, 0.5) is 18.3 Å². The second-order valence-corrected chi connectivity index (χ2v) is 8.38. The number of carbonyl (C=O) groups excluding carboxylic acids is 2. The Hall–Kier alpha value is -4.00. The highest BCUT2D eigenvalue weighted by Gasteiger charge is 2.39. The van der Waals surface area contributed by atoms with Gasteiger partial charge in [0, 0.05) is 33.8 Å². The van der Waals surface area contributed by atoms with Crippen molar-refractivity contribution in [1.29, 1.82) is 0 Å². The molecule has 1 aliphatic rings. The van der Waals surface area contributed by atoms with E-state index in [2.05, 4.69) is 20.1 Å². The van der Waals surface area contributed by atoms with E-state index in [1.165, 1.54) is 30.3 Å². The number of nitrogens with zero attached hydrogens (tertiary/aromatic N) is 4. The number of fused-ring (bicyclic) bond motifs is 3.